The summed E-state index contributed by atoms with van der Waals surface area (Å²) in [4.78, 5) is 24.1. The number of hydrogen-bond donors (Lipinski definition) is 1. The van der Waals surface area contributed by atoms with Crippen molar-refractivity contribution < 1.29 is 4.79 Å². The van der Waals surface area contributed by atoms with Crippen molar-refractivity contribution in [3.05, 3.63) is 23.9 Å². The average molecular weight is 400 g/mol. The molecule has 0 aromatic carbocycles. The van der Waals surface area contributed by atoms with E-state index in [1.807, 2.05) is 17.2 Å². The minimum absolute atomic E-state index is 0.0813. The van der Waals surface area contributed by atoms with Gasteiger partial charge >= 0.3 is 6.03 Å². The maximum atomic E-state index is 12.6. The van der Waals surface area contributed by atoms with Crippen LogP contribution in [-0.2, 0) is 6.54 Å². The normalized spacial score (nSPS) is 21.9. The van der Waals surface area contributed by atoms with E-state index in [2.05, 4.69) is 26.2 Å². The van der Waals surface area contributed by atoms with E-state index >= 15 is 0 Å². The van der Waals surface area contributed by atoms with Gasteiger partial charge in [0.1, 0.15) is 5.82 Å². The van der Waals surface area contributed by atoms with Gasteiger partial charge in [0.2, 0.25) is 0 Å². The number of pyridine rings is 1. The fraction of sp³-hybridized carbons (Fsp3) is 0.739. The third kappa shape index (κ3) is 5.84. The van der Waals surface area contributed by atoms with Gasteiger partial charge in [0.25, 0.3) is 0 Å². The number of rotatable bonds is 5. The molecular formula is C23H37N5O. The molecule has 160 valence electrons. The van der Waals surface area contributed by atoms with E-state index in [0.29, 0.717) is 6.54 Å². The second kappa shape index (κ2) is 10.3. The smallest absolute Gasteiger partial charge is 0.317 e. The summed E-state index contributed by atoms with van der Waals surface area (Å²) in [6, 6.07) is 4.21. The van der Waals surface area contributed by atoms with Gasteiger partial charge in [-0.05, 0) is 75.2 Å². The molecule has 3 fully saturated rings. The first-order chi connectivity index (χ1) is 14.3. The van der Waals surface area contributed by atoms with Crippen LogP contribution in [0.15, 0.2) is 18.3 Å². The zero-order chi connectivity index (χ0) is 19.9. The summed E-state index contributed by atoms with van der Waals surface area (Å²) in [5, 5.41) is 3.12. The number of amides is 2. The molecule has 0 spiro atoms. The summed E-state index contributed by atoms with van der Waals surface area (Å²) in [5.41, 5.74) is 1.13. The molecule has 6 nitrogen and oxygen atoms in total. The Balaban J connectivity index is 1.19. The Morgan fingerprint density at radius 1 is 0.966 bits per heavy atom. The highest BCUT2D eigenvalue weighted by molar-refractivity contribution is 5.74. The molecule has 0 saturated carbocycles. The van der Waals surface area contributed by atoms with Gasteiger partial charge in [-0.3, -0.25) is 0 Å². The fourth-order valence-corrected chi connectivity index (χ4v) is 4.98. The molecule has 3 aliphatic rings. The van der Waals surface area contributed by atoms with Crippen molar-refractivity contribution in [1.82, 2.24) is 20.1 Å². The maximum absolute atomic E-state index is 12.6. The van der Waals surface area contributed by atoms with Crippen LogP contribution in [0.2, 0.25) is 0 Å². The molecule has 4 heterocycles. The van der Waals surface area contributed by atoms with Crippen molar-refractivity contribution in [3.8, 4) is 0 Å². The zero-order valence-corrected chi connectivity index (χ0v) is 17.8. The third-order valence-corrected chi connectivity index (χ3v) is 6.80. The van der Waals surface area contributed by atoms with E-state index in [0.717, 1.165) is 56.3 Å². The van der Waals surface area contributed by atoms with Crippen LogP contribution in [0, 0.1) is 5.92 Å². The zero-order valence-electron chi connectivity index (χ0n) is 17.8. The predicted molar refractivity (Wildman–Crippen MR) is 117 cm³/mol. The number of carbonyl (C=O) groups is 1. The molecule has 1 aromatic heterocycles. The van der Waals surface area contributed by atoms with Crippen LogP contribution < -0.4 is 10.2 Å². The van der Waals surface area contributed by atoms with Crippen molar-refractivity contribution in [2.24, 2.45) is 5.92 Å². The summed E-state index contributed by atoms with van der Waals surface area (Å²) in [5.74, 6) is 1.80. The lowest BCUT2D eigenvalue weighted by Crippen LogP contribution is -2.45. The summed E-state index contributed by atoms with van der Waals surface area (Å²) < 4.78 is 0. The van der Waals surface area contributed by atoms with Crippen LogP contribution in [0.1, 0.15) is 56.9 Å². The van der Waals surface area contributed by atoms with E-state index in [9.17, 15) is 4.79 Å². The fourth-order valence-electron chi connectivity index (χ4n) is 4.98. The van der Waals surface area contributed by atoms with Crippen molar-refractivity contribution >= 4 is 11.8 Å². The summed E-state index contributed by atoms with van der Waals surface area (Å²) in [6.45, 7) is 8.31. The lowest BCUT2D eigenvalue weighted by atomic mass is 9.96. The predicted octanol–water partition coefficient (Wildman–Crippen LogP) is 3.48. The Kier molecular flexibility index (Phi) is 7.25. The number of likely N-dealkylation sites (tertiary alicyclic amines) is 2. The molecule has 3 saturated heterocycles. The van der Waals surface area contributed by atoms with Gasteiger partial charge in [-0.1, -0.05) is 12.8 Å². The van der Waals surface area contributed by atoms with Gasteiger partial charge in [0.15, 0.2) is 0 Å². The standard InChI is InChI=1S/C23H37N5O/c29-23(25-18-21-7-10-24-22(17-21)27-13-5-6-14-27)28-15-8-20(9-16-28)19-26-11-3-1-2-4-12-26/h7,10,17,20H,1-6,8-9,11-16,18-19H2,(H,25,29). The van der Waals surface area contributed by atoms with Crippen LogP contribution in [0.3, 0.4) is 0 Å². The van der Waals surface area contributed by atoms with Gasteiger partial charge in [0.05, 0.1) is 0 Å². The van der Waals surface area contributed by atoms with Crippen LogP contribution in [0.25, 0.3) is 0 Å². The molecule has 2 amide bonds. The lowest BCUT2D eigenvalue weighted by Gasteiger charge is -2.34. The van der Waals surface area contributed by atoms with Gasteiger partial charge in [-0.2, -0.15) is 0 Å². The Morgan fingerprint density at radius 2 is 1.66 bits per heavy atom. The second-order valence-corrected chi connectivity index (χ2v) is 9.02. The Hall–Kier alpha value is -1.82. The van der Waals surface area contributed by atoms with Crippen LogP contribution in [0.4, 0.5) is 10.6 Å². The van der Waals surface area contributed by atoms with Crippen LogP contribution in [0.5, 0.6) is 0 Å². The molecule has 0 unspecified atom stereocenters. The van der Waals surface area contributed by atoms with E-state index in [-0.39, 0.29) is 6.03 Å². The first-order valence-electron chi connectivity index (χ1n) is 11.7. The highest BCUT2D eigenvalue weighted by Crippen LogP contribution is 2.21. The second-order valence-electron chi connectivity index (χ2n) is 9.02. The Morgan fingerprint density at radius 3 is 2.38 bits per heavy atom. The molecule has 0 radical (unpaired) electrons. The molecular weight excluding hydrogens is 362 g/mol. The average Bonchev–Trinajstić information content (AvgIpc) is 3.18. The monoisotopic (exact) mass is 399 g/mol. The van der Waals surface area contributed by atoms with E-state index < -0.39 is 0 Å². The quantitative estimate of drug-likeness (QED) is 0.824. The molecule has 1 aromatic rings. The molecule has 3 aliphatic heterocycles. The molecule has 1 N–H and O–H groups in total. The number of hydrogen-bond acceptors (Lipinski definition) is 4. The molecule has 0 atom stereocenters. The van der Waals surface area contributed by atoms with Crippen molar-refractivity contribution in [2.75, 3.05) is 50.7 Å². The highest BCUT2D eigenvalue weighted by atomic mass is 16.2. The summed E-state index contributed by atoms with van der Waals surface area (Å²) in [7, 11) is 0. The Bertz CT molecular complexity index is 644. The largest absolute Gasteiger partial charge is 0.357 e. The van der Waals surface area contributed by atoms with Crippen LogP contribution >= 0.6 is 0 Å². The number of anilines is 1. The van der Waals surface area contributed by atoms with Crippen LogP contribution in [-0.4, -0.2) is 66.6 Å². The van der Waals surface area contributed by atoms with E-state index in [1.165, 1.54) is 58.2 Å². The van der Waals surface area contributed by atoms with E-state index in [1.54, 1.807) is 0 Å². The highest BCUT2D eigenvalue weighted by Gasteiger charge is 2.24. The molecule has 0 bridgehead atoms. The summed E-state index contributed by atoms with van der Waals surface area (Å²) in [6.07, 6.45) is 12.1. The molecule has 0 aliphatic carbocycles. The number of nitrogens with one attached hydrogen (secondary N) is 1. The van der Waals surface area contributed by atoms with Gasteiger partial charge < -0.3 is 20.0 Å². The first-order valence-corrected chi connectivity index (χ1v) is 11.7. The first kappa shape index (κ1) is 20.5. The maximum Gasteiger partial charge on any atom is 0.317 e. The van der Waals surface area contributed by atoms with Crippen molar-refractivity contribution in [2.45, 2.75) is 57.9 Å². The van der Waals surface area contributed by atoms with Gasteiger partial charge in [-0.25, -0.2) is 9.78 Å². The van der Waals surface area contributed by atoms with E-state index in [4.69, 9.17) is 0 Å². The number of carbonyl (C=O) groups excluding carboxylic acids is 1. The summed E-state index contributed by atoms with van der Waals surface area (Å²) >= 11 is 0. The molecule has 6 heteroatoms. The number of urea groups is 1. The molecule has 4 rings (SSSR count). The topological polar surface area (TPSA) is 51.7 Å². The van der Waals surface area contributed by atoms with Gasteiger partial charge in [-0.15, -0.1) is 0 Å². The van der Waals surface area contributed by atoms with Crippen molar-refractivity contribution in [3.63, 3.8) is 0 Å². The third-order valence-electron chi connectivity index (χ3n) is 6.80. The lowest BCUT2D eigenvalue weighted by molar-refractivity contribution is 0.147. The number of aromatic nitrogens is 1. The van der Waals surface area contributed by atoms with Crippen molar-refractivity contribution in [1.29, 1.82) is 0 Å². The number of piperidine rings is 1. The SMILES string of the molecule is O=C(NCc1ccnc(N2CCCC2)c1)N1CCC(CN2CCCCCC2)CC1. The minimum atomic E-state index is 0.0813. The van der Waals surface area contributed by atoms with Gasteiger partial charge in [0, 0.05) is 45.5 Å². The minimum Gasteiger partial charge on any atom is -0.357 e. The number of nitrogens with zero attached hydrogens (tertiary/aromatic N) is 4. The Labute approximate surface area is 175 Å². The molecule has 29 heavy (non-hydrogen) atoms.